The molecule has 130 valence electrons. The molecule has 1 aromatic rings. The molecule has 5 nitrogen and oxygen atoms in total. The van der Waals surface area contributed by atoms with E-state index in [1.165, 1.54) is 0 Å². The number of carbonyl (C=O) groups is 1. The molecule has 0 saturated carbocycles. The number of hydrogen-bond acceptors (Lipinski definition) is 5. The second-order valence-electron chi connectivity index (χ2n) is 6.70. The predicted octanol–water partition coefficient (Wildman–Crippen LogP) is 2.99. The van der Waals surface area contributed by atoms with Crippen molar-refractivity contribution >= 4 is 23.4 Å². The molecule has 1 aliphatic heterocycles. The van der Waals surface area contributed by atoms with E-state index in [2.05, 4.69) is 16.3 Å². The SMILES string of the molecule is C[C@@H](C#N)CSc1ccccc1NC(=O)CN1CCOC(C)(C)C1. The highest BCUT2D eigenvalue weighted by Crippen LogP contribution is 2.28. The fourth-order valence-corrected chi connectivity index (χ4v) is 3.54. The molecule has 0 aliphatic carbocycles. The van der Waals surface area contributed by atoms with Crippen LogP contribution in [0.1, 0.15) is 20.8 Å². The minimum atomic E-state index is -0.209. The number of amides is 1. The van der Waals surface area contributed by atoms with Gasteiger partial charge in [0.2, 0.25) is 5.91 Å². The maximum Gasteiger partial charge on any atom is 0.238 e. The van der Waals surface area contributed by atoms with Gasteiger partial charge in [-0.05, 0) is 32.9 Å². The van der Waals surface area contributed by atoms with E-state index in [1.54, 1.807) is 11.8 Å². The molecule has 1 atom stereocenters. The van der Waals surface area contributed by atoms with Crippen LogP contribution in [-0.2, 0) is 9.53 Å². The molecule has 1 aromatic carbocycles. The van der Waals surface area contributed by atoms with Gasteiger partial charge in [-0.25, -0.2) is 0 Å². The first-order valence-electron chi connectivity index (χ1n) is 8.17. The summed E-state index contributed by atoms with van der Waals surface area (Å²) in [4.78, 5) is 15.5. The van der Waals surface area contributed by atoms with Crippen LogP contribution < -0.4 is 5.32 Å². The molecule has 6 heteroatoms. The van der Waals surface area contributed by atoms with Gasteiger partial charge >= 0.3 is 0 Å². The van der Waals surface area contributed by atoms with E-state index in [0.717, 1.165) is 23.7 Å². The van der Waals surface area contributed by atoms with Crippen molar-refractivity contribution in [3.05, 3.63) is 24.3 Å². The number of rotatable bonds is 6. The second-order valence-corrected chi connectivity index (χ2v) is 7.77. The lowest BCUT2D eigenvalue weighted by Gasteiger charge is -2.37. The Morgan fingerprint density at radius 3 is 2.96 bits per heavy atom. The minimum Gasteiger partial charge on any atom is -0.373 e. The van der Waals surface area contributed by atoms with Gasteiger partial charge in [-0.15, -0.1) is 11.8 Å². The highest BCUT2D eigenvalue weighted by atomic mass is 32.2. The zero-order valence-corrected chi connectivity index (χ0v) is 15.4. The summed E-state index contributed by atoms with van der Waals surface area (Å²) in [5.74, 6) is 0.671. The maximum absolute atomic E-state index is 12.4. The molecule has 0 radical (unpaired) electrons. The van der Waals surface area contributed by atoms with Crippen molar-refractivity contribution in [2.24, 2.45) is 5.92 Å². The number of ether oxygens (including phenoxy) is 1. The van der Waals surface area contributed by atoms with Crippen LogP contribution in [0.15, 0.2) is 29.2 Å². The van der Waals surface area contributed by atoms with Crippen LogP contribution in [0.3, 0.4) is 0 Å². The lowest BCUT2D eigenvalue weighted by molar-refractivity contribution is -0.122. The Kier molecular flexibility index (Phi) is 6.67. The van der Waals surface area contributed by atoms with Crippen LogP contribution >= 0.6 is 11.8 Å². The van der Waals surface area contributed by atoms with E-state index in [1.807, 2.05) is 45.0 Å². The Balaban J connectivity index is 1.93. The molecule has 1 amide bonds. The zero-order chi connectivity index (χ0) is 17.6. The van der Waals surface area contributed by atoms with E-state index < -0.39 is 0 Å². The molecule has 0 bridgehead atoms. The van der Waals surface area contributed by atoms with Gasteiger partial charge in [0.1, 0.15) is 0 Å². The molecule has 0 spiro atoms. The Morgan fingerprint density at radius 2 is 2.25 bits per heavy atom. The summed E-state index contributed by atoms with van der Waals surface area (Å²) in [6.07, 6.45) is 0. The van der Waals surface area contributed by atoms with E-state index in [0.29, 0.717) is 18.9 Å². The van der Waals surface area contributed by atoms with Crippen LogP contribution in [0, 0.1) is 17.2 Å². The van der Waals surface area contributed by atoms with E-state index in [9.17, 15) is 4.79 Å². The highest BCUT2D eigenvalue weighted by Gasteiger charge is 2.28. The lowest BCUT2D eigenvalue weighted by Crippen LogP contribution is -2.50. The first kappa shape index (κ1) is 18.8. The molecular weight excluding hydrogens is 322 g/mol. The van der Waals surface area contributed by atoms with Gasteiger partial charge in [0.05, 0.1) is 36.4 Å². The highest BCUT2D eigenvalue weighted by molar-refractivity contribution is 7.99. The number of carbonyl (C=O) groups excluding carboxylic acids is 1. The molecule has 2 rings (SSSR count). The summed E-state index contributed by atoms with van der Waals surface area (Å²) in [5, 5.41) is 11.9. The molecule has 1 fully saturated rings. The topological polar surface area (TPSA) is 65.4 Å². The van der Waals surface area contributed by atoms with Gasteiger partial charge in [-0.1, -0.05) is 12.1 Å². The van der Waals surface area contributed by atoms with Crippen LogP contribution in [0.2, 0.25) is 0 Å². The standard InChI is InChI=1S/C18H25N3O2S/c1-14(10-19)12-24-16-7-5-4-6-15(16)20-17(22)11-21-8-9-23-18(2,3)13-21/h4-7,14H,8-9,11-13H2,1-3H3,(H,20,22)/t14-/m0/s1. The van der Waals surface area contributed by atoms with Crippen molar-refractivity contribution in [2.45, 2.75) is 31.3 Å². The molecule has 0 unspecified atom stereocenters. The van der Waals surface area contributed by atoms with Crippen molar-refractivity contribution in [3.63, 3.8) is 0 Å². The van der Waals surface area contributed by atoms with E-state index >= 15 is 0 Å². The normalized spacial score (nSPS) is 18.6. The number of nitriles is 1. The second kappa shape index (κ2) is 8.52. The summed E-state index contributed by atoms with van der Waals surface area (Å²) < 4.78 is 5.68. The number of thioether (sulfide) groups is 1. The number of nitrogens with zero attached hydrogens (tertiary/aromatic N) is 2. The molecule has 1 N–H and O–H groups in total. The Hall–Kier alpha value is -1.55. The van der Waals surface area contributed by atoms with Crippen molar-refractivity contribution in [1.82, 2.24) is 4.90 Å². The average molecular weight is 347 g/mol. The molecule has 1 heterocycles. The first-order chi connectivity index (χ1) is 11.4. The summed E-state index contributed by atoms with van der Waals surface area (Å²) in [6.45, 7) is 8.51. The average Bonchev–Trinajstić information content (AvgIpc) is 2.52. The summed E-state index contributed by atoms with van der Waals surface area (Å²) in [6, 6.07) is 9.96. The third-order valence-electron chi connectivity index (χ3n) is 3.74. The third kappa shape index (κ3) is 5.82. The van der Waals surface area contributed by atoms with Crippen molar-refractivity contribution in [3.8, 4) is 6.07 Å². The number of morpholine rings is 1. The van der Waals surface area contributed by atoms with Crippen LogP contribution in [0.25, 0.3) is 0 Å². The van der Waals surface area contributed by atoms with Crippen LogP contribution in [-0.4, -0.2) is 48.4 Å². The number of nitrogens with one attached hydrogen (secondary N) is 1. The number of anilines is 1. The maximum atomic E-state index is 12.4. The van der Waals surface area contributed by atoms with E-state index in [4.69, 9.17) is 10.00 Å². The number of benzene rings is 1. The van der Waals surface area contributed by atoms with Crippen molar-refractivity contribution in [1.29, 1.82) is 5.26 Å². The fourth-order valence-electron chi connectivity index (χ4n) is 2.59. The Morgan fingerprint density at radius 1 is 1.50 bits per heavy atom. The van der Waals surface area contributed by atoms with Gasteiger partial charge < -0.3 is 10.1 Å². The van der Waals surface area contributed by atoms with Crippen LogP contribution in [0.4, 0.5) is 5.69 Å². The van der Waals surface area contributed by atoms with E-state index in [-0.39, 0.29) is 17.4 Å². The predicted molar refractivity (Wildman–Crippen MR) is 97.0 cm³/mol. The number of hydrogen-bond donors (Lipinski definition) is 1. The van der Waals surface area contributed by atoms with Gasteiger partial charge in [-0.2, -0.15) is 5.26 Å². The monoisotopic (exact) mass is 347 g/mol. The first-order valence-corrected chi connectivity index (χ1v) is 9.16. The zero-order valence-electron chi connectivity index (χ0n) is 14.5. The van der Waals surface area contributed by atoms with Crippen LogP contribution in [0.5, 0.6) is 0 Å². The molecular formula is C18H25N3O2S. The van der Waals surface area contributed by atoms with Gasteiger partial charge in [0, 0.05) is 23.7 Å². The minimum absolute atomic E-state index is 0.0191. The molecule has 0 aromatic heterocycles. The third-order valence-corrected chi connectivity index (χ3v) is 5.08. The molecule has 1 saturated heterocycles. The van der Waals surface area contributed by atoms with Gasteiger partial charge in [-0.3, -0.25) is 9.69 Å². The Labute approximate surface area is 148 Å². The lowest BCUT2D eigenvalue weighted by atomic mass is 10.1. The summed E-state index contributed by atoms with van der Waals surface area (Å²) in [5.41, 5.74) is 0.602. The Bertz CT molecular complexity index is 613. The summed E-state index contributed by atoms with van der Waals surface area (Å²) >= 11 is 1.60. The fraction of sp³-hybridized carbons (Fsp3) is 0.556. The molecule has 24 heavy (non-hydrogen) atoms. The molecule has 1 aliphatic rings. The van der Waals surface area contributed by atoms with Gasteiger partial charge in [0.15, 0.2) is 0 Å². The smallest absolute Gasteiger partial charge is 0.238 e. The largest absolute Gasteiger partial charge is 0.373 e. The number of para-hydroxylation sites is 1. The quantitative estimate of drug-likeness (QED) is 0.802. The van der Waals surface area contributed by atoms with Crippen molar-refractivity contribution < 1.29 is 9.53 Å². The van der Waals surface area contributed by atoms with Gasteiger partial charge in [0.25, 0.3) is 0 Å². The summed E-state index contributed by atoms with van der Waals surface area (Å²) in [7, 11) is 0. The van der Waals surface area contributed by atoms with Crippen molar-refractivity contribution in [2.75, 3.05) is 37.3 Å².